The minimum atomic E-state index is -1.16. The third kappa shape index (κ3) is 6.40. The maximum Gasteiger partial charge on any atom is 0.303 e. The smallest absolute Gasteiger partial charge is 0.303 e. The predicted octanol–water partition coefficient (Wildman–Crippen LogP) is 0.459. The third-order valence-electron chi connectivity index (χ3n) is 4.93. The van der Waals surface area contributed by atoms with E-state index in [0.29, 0.717) is 0 Å². The lowest BCUT2D eigenvalue weighted by Gasteiger charge is -2.44. The second-order valence-corrected chi connectivity index (χ2v) is 7.23. The van der Waals surface area contributed by atoms with E-state index in [-0.39, 0.29) is 18.4 Å². The van der Waals surface area contributed by atoms with E-state index < -0.39 is 48.6 Å². The fourth-order valence-corrected chi connectivity index (χ4v) is 3.74. The van der Waals surface area contributed by atoms with Crippen molar-refractivity contribution >= 4 is 23.8 Å². The number of esters is 3. The van der Waals surface area contributed by atoms with Crippen LogP contribution in [0.4, 0.5) is 0 Å². The molecule has 1 N–H and O–H groups in total. The van der Waals surface area contributed by atoms with Gasteiger partial charge in [-0.25, -0.2) is 0 Å². The van der Waals surface area contributed by atoms with Gasteiger partial charge < -0.3 is 29.0 Å². The van der Waals surface area contributed by atoms with Crippen molar-refractivity contribution in [2.45, 2.75) is 77.2 Å². The van der Waals surface area contributed by atoms with Gasteiger partial charge in [0.15, 0.2) is 24.6 Å². The van der Waals surface area contributed by atoms with Crippen LogP contribution >= 0.6 is 0 Å². The SMILES string of the molecule is CO[C@H]1OC(CNC(=O)C2CCCC2)[C@@H](OC(C)=O)[C@@H](OC(C)=O)C1OC(C)=O. The van der Waals surface area contributed by atoms with E-state index in [2.05, 4.69) is 5.32 Å². The quantitative estimate of drug-likeness (QED) is 0.466. The molecule has 2 fully saturated rings. The van der Waals surface area contributed by atoms with Crippen LogP contribution in [0.1, 0.15) is 46.5 Å². The lowest BCUT2D eigenvalue weighted by Crippen LogP contribution is -2.63. The van der Waals surface area contributed by atoms with Gasteiger partial charge in [0.05, 0.1) is 0 Å². The molecule has 0 aromatic carbocycles. The topological polar surface area (TPSA) is 126 Å². The van der Waals surface area contributed by atoms with E-state index in [1.54, 1.807) is 0 Å². The van der Waals surface area contributed by atoms with Gasteiger partial charge in [0.25, 0.3) is 0 Å². The minimum absolute atomic E-state index is 0.0116. The van der Waals surface area contributed by atoms with Gasteiger partial charge in [-0.15, -0.1) is 0 Å². The van der Waals surface area contributed by atoms with Crippen LogP contribution in [0.3, 0.4) is 0 Å². The van der Waals surface area contributed by atoms with Gasteiger partial charge in [-0.3, -0.25) is 19.2 Å². The first-order valence-corrected chi connectivity index (χ1v) is 9.70. The molecule has 1 amide bonds. The third-order valence-corrected chi connectivity index (χ3v) is 4.93. The van der Waals surface area contributed by atoms with Gasteiger partial charge in [-0.2, -0.15) is 0 Å². The van der Waals surface area contributed by atoms with Crippen LogP contribution in [0.5, 0.6) is 0 Å². The van der Waals surface area contributed by atoms with Gasteiger partial charge in [-0.1, -0.05) is 12.8 Å². The molecule has 10 nitrogen and oxygen atoms in total. The number of nitrogens with one attached hydrogen (secondary N) is 1. The monoisotopic (exact) mass is 415 g/mol. The first-order valence-electron chi connectivity index (χ1n) is 9.70. The molecule has 0 radical (unpaired) electrons. The lowest BCUT2D eigenvalue weighted by molar-refractivity contribution is -0.296. The average molecular weight is 415 g/mol. The second kappa shape index (κ2) is 10.5. The Bertz CT molecular complexity index is 617. The molecular weight excluding hydrogens is 386 g/mol. The number of carbonyl (C=O) groups excluding carboxylic acids is 4. The molecule has 164 valence electrons. The van der Waals surface area contributed by atoms with Crippen molar-refractivity contribution in [3.05, 3.63) is 0 Å². The molecule has 0 aromatic rings. The van der Waals surface area contributed by atoms with Crippen LogP contribution < -0.4 is 5.32 Å². The maximum absolute atomic E-state index is 12.4. The summed E-state index contributed by atoms with van der Waals surface area (Å²) in [4.78, 5) is 47.2. The van der Waals surface area contributed by atoms with Crippen molar-refractivity contribution in [3.8, 4) is 0 Å². The number of hydrogen-bond donors (Lipinski definition) is 1. The van der Waals surface area contributed by atoms with Crippen LogP contribution in [0.25, 0.3) is 0 Å². The molecule has 2 rings (SSSR count). The number of carbonyl (C=O) groups is 4. The summed E-state index contributed by atoms with van der Waals surface area (Å²) in [6.45, 7) is 3.58. The van der Waals surface area contributed by atoms with E-state index in [1.807, 2.05) is 0 Å². The molecule has 1 heterocycles. The number of hydrogen-bond acceptors (Lipinski definition) is 9. The van der Waals surface area contributed by atoms with Crippen molar-refractivity contribution in [1.82, 2.24) is 5.32 Å². The Morgan fingerprint density at radius 3 is 1.90 bits per heavy atom. The van der Waals surface area contributed by atoms with E-state index in [4.69, 9.17) is 23.7 Å². The van der Waals surface area contributed by atoms with Crippen LogP contribution in [-0.2, 0) is 42.9 Å². The first-order chi connectivity index (χ1) is 13.7. The molecule has 10 heteroatoms. The highest BCUT2D eigenvalue weighted by atomic mass is 16.7. The number of methoxy groups -OCH3 is 1. The zero-order valence-electron chi connectivity index (χ0n) is 17.2. The molecular formula is C19H29NO9. The van der Waals surface area contributed by atoms with Crippen molar-refractivity contribution in [1.29, 1.82) is 0 Å². The van der Waals surface area contributed by atoms with E-state index in [0.717, 1.165) is 25.7 Å². The van der Waals surface area contributed by atoms with E-state index >= 15 is 0 Å². The summed E-state index contributed by atoms with van der Waals surface area (Å²) in [5, 5.41) is 2.81. The molecule has 29 heavy (non-hydrogen) atoms. The van der Waals surface area contributed by atoms with Crippen LogP contribution in [0.2, 0.25) is 0 Å². The fourth-order valence-electron chi connectivity index (χ4n) is 3.74. The van der Waals surface area contributed by atoms with Gasteiger partial charge in [-0.05, 0) is 12.8 Å². The molecule has 1 saturated heterocycles. The summed E-state index contributed by atoms with van der Waals surface area (Å²) in [6, 6.07) is 0. The van der Waals surface area contributed by atoms with Gasteiger partial charge in [0.2, 0.25) is 5.91 Å². The molecule has 5 atom stereocenters. The van der Waals surface area contributed by atoms with Gasteiger partial charge >= 0.3 is 17.9 Å². The first kappa shape index (κ1) is 23.1. The van der Waals surface area contributed by atoms with Crippen LogP contribution in [0, 0.1) is 5.92 Å². The summed E-state index contributed by atoms with van der Waals surface area (Å²) in [5.74, 6) is -2.10. The standard InChI is InChI=1S/C19H29NO9/c1-10(21)26-15-14(9-20-18(24)13-7-5-6-8-13)29-19(25-4)17(28-12(3)23)16(15)27-11(2)22/h13-17,19H,5-9H2,1-4H3,(H,20,24)/t14?,15-,16-,17?,19+/m1/s1. The Balaban J connectivity index is 2.22. The summed E-state index contributed by atoms with van der Waals surface area (Å²) in [6.07, 6.45) is -1.67. The summed E-state index contributed by atoms with van der Waals surface area (Å²) < 4.78 is 27.0. The summed E-state index contributed by atoms with van der Waals surface area (Å²) >= 11 is 0. The highest BCUT2D eigenvalue weighted by molar-refractivity contribution is 5.78. The number of amides is 1. The highest BCUT2D eigenvalue weighted by Crippen LogP contribution is 2.29. The predicted molar refractivity (Wildman–Crippen MR) is 97.3 cm³/mol. The molecule has 2 aliphatic rings. The minimum Gasteiger partial charge on any atom is -0.456 e. The Labute approximate surface area is 169 Å². The molecule has 0 bridgehead atoms. The lowest BCUT2D eigenvalue weighted by atomic mass is 9.97. The molecule has 1 saturated carbocycles. The normalized spacial score (nSPS) is 29.7. The molecule has 1 aliphatic carbocycles. The fraction of sp³-hybridized carbons (Fsp3) is 0.789. The number of rotatable bonds is 7. The largest absolute Gasteiger partial charge is 0.456 e. The average Bonchev–Trinajstić information content (AvgIpc) is 3.17. The zero-order valence-corrected chi connectivity index (χ0v) is 17.2. The Hall–Kier alpha value is -2.20. The van der Waals surface area contributed by atoms with E-state index in [9.17, 15) is 19.2 Å². The Morgan fingerprint density at radius 2 is 1.38 bits per heavy atom. The second-order valence-electron chi connectivity index (χ2n) is 7.23. The number of ether oxygens (including phenoxy) is 5. The van der Waals surface area contributed by atoms with Crippen LogP contribution in [-0.4, -0.2) is 68.2 Å². The Morgan fingerprint density at radius 1 is 0.862 bits per heavy atom. The van der Waals surface area contributed by atoms with Crippen LogP contribution in [0.15, 0.2) is 0 Å². The molecule has 2 unspecified atom stereocenters. The van der Waals surface area contributed by atoms with Crippen molar-refractivity contribution in [2.24, 2.45) is 5.92 Å². The Kier molecular flexibility index (Phi) is 8.39. The van der Waals surface area contributed by atoms with Crippen molar-refractivity contribution in [2.75, 3.05) is 13.7 Å². The van der Waals surface area contributed by atoms with Crippen molar-refractivity contribution < 1.29 is 42.9 Å². The molecule has 0 aromatic heterocycles. The highest BCUT2D eigenvalue weighted by Gasteiger charge is 2.52. The van der Waals surface area contributed by atoms with Gasteiger partial charge in [0.1, 0.15) is 6.10 Å². The van der Waals surface area contributed by atoms with E-state index in [1.165, 1.54) is 27.9 Å². The van der Waals surface area contributed by atoms with Gasteiger partial charge in [0, 0.05) is 40.3 Å². The summed E-state index contributed by atoms with van der Waals surface area (Å²) in [5.41, 5.74) is 0. The van der Waals surface area contributed by atoms with Crippen molar-refractivity contribution in [3.63, 3.8) is 0 Å². The molecule has 1 aliphatic heterocycles. The zero-order chi connectivity index (χ0) is 21.6. The summed E-state index contributed by atoms with van der Waals surface area (Å²) in [7, 11) is 1.34. The molecule has 0 spiro atoms. The maximum atomic E-state index is 12.4.